The number of halogens is 2. The molecule has 0 bridgehead atoms. The van der Waals surface area contributed by atoms with Crippen LogP contribution in [-0.4, -0.2) is 26.2 Å². The van der Waals surface area contributed by atoms with Gasteiger partial charge in [-0.1, -0.05) is 30.1 Å². The fraction of sp³-hybridized carbons (Fsp3) is 0.500. The summed E-state index contributed by atoms with van der Waals surface area (Å²) in [6, 6.07) is 5.70. The van der Waals surface area contributed by atoms with Crippen molar-refractivity contribution in [1.29, 1.82) is 0 Å². The minimum Gasteiger partial charge on any atom is -0.369 e. The fourth-order valence-electron chi connectivity index (χ4n) is 2.05. The average molecular weight is 259 g/mol. The summed E-state index contributed by atoms with van der Waals surface area (Å²) in [4.78, 5) is 2.32. The van der Waals surface area contributed by atoms with Gasteiger partial charge in [0, 0.05) is 24.7 Å². The zero-order valence-electron chi connectivity index (χ0n) is 9.34. The Kier molecular flexibility index (Phi) is 3.95. The van der Waals surface area contributed by atoms with E-state index in [1.54, 1.807) is 6.07 Å². The summed E-state index contributed by atoms with van der Waals surface area (Å²) in [5, 5.41) is 4.84. The summed E-state index contributed by atoms with van der Waals surface area (Å²) in [5.41, 5.74) is 1.08. The van der Waals surface area contributed by atoms with Crippen LogP contribution in [-0.2, 0) is 0 Å². The molecule has 88 valence electrons. The highest BCUT2D eigenvalue weighted by molar-refractivity contribution is 6.36. The van der Waals surface area contributed by atoms with Crippen molar-refractivity contribution in [2.75, 3.05) is 31.1 Å². The molecule has 1 aromatic rings. The third kappa shape index (κ3) is 2.82. The number of hydrogen-bond donors (Lipinski definition) is 1. The molecule has 1 fully saturated rings. The summed E-state index contributed by atoms with van der Waals surface area (Å²) < 4.78 is 0. The van der Waals surface area contributed by atoms with Gasteiger partial charge in [0.2, 0.25) is 0 Å². The SMILES string of the molecule is CC1CNCCN(c2ccc(Cl)cc2Cl)C1. The lowest BCUT2D eigenvalue weighted by Crippen LogP contribution is -2.29. The highest BCUT2D eigenvalue weighted by Gasteiger charge is 2.16. The maximum absolute atomic E-state index is 6.22. The van der Waals surface area contributed by atoms with Crippen molar-refractivity contribution >= 4 is 28.9 Å². The molecule has 1 aliphatic rings. The molecule has 2 nitrogen and oxygen atoms in total. The second-order valence-electron chi connectivity index (χ2n) is 4.35. The van der Waals surface area contributed by atoms with Gasteiger partial charge >= 0.3 is 0 Å². The van der Waals surface area contributed by atoms with E-state index >= 15 is 0 Å². The zero-order chi connectivity index (χ0) is 11.5. The molecular formula is C12H16Cl2N2. The highest BCUT2D eigenvalue weighted by Crippen LogP contribution is 2.29. The molecule has 1 saturated heterocycles. The number of nitrogens with one attached hydrogen (secondary N) is 1. The quantitative estimate of drug-likeness (QED) is 0.833. The molecule has 1 unspecified atom stereocenters. The van der Waals surface area contributed by atoms with E-state index in [2.05, 4.69) is 17.1 Å². The monoisotopic (exact) mass is 258 g/mol. The van der Waals surface area contributed by atoms with Crippen molar-refractivity contribution in [3.63, 3.8) is 0 Å². The van der Waals surface area contributed by atoms with Crippen LogP contribution in [0.2, 0.25) is 10.0 Å². The topological polar surface area (TPSA) is 15.3 Å². The molecule has 0 aliphatic carbocycles. The van der Waals surface area contributed by atoms with Crippen molar-refractivity contribution in [3.05, 3.63) is 28.2 Å². The van der Waals surface area contributed by atoms with Crippen LogP contribution in [0.5, 0.6) is 0 Å². The lowest BCUT2D eigenvalue weighted by molar-refractivity contribution is 0.564. The Labute approximate surface area is 107 Å². The van der Waals surface area contributed by atoms with E-state index in [0.717, 1.165) is 36.9 Å². The van der Waals surface area contributed by atoms with Crippen LogP contribution < -0.4 is 10.2 Å². The van der Waals surface area contributed by atoms with Crippen molar-refractivity contribution in [1.82, 2.24) is 5.32 Å². The number of anilines is 1. The predicted molar refractivity (Wildman–Crippen MR) is 70.7 cm³/mol. The molecule has 16 heavy (non-hydrogen) atoms. The Hall–Kier alpha value is -0.440. The first-order chi connectivity index (χ1) is 7.66. The standard InChI is InChI=1S/C12H16Cl2N2/c1-9-7-15-4-5-16(8-9)12-3-2-10(13)6-11(12)14/h2-3,6,9,15H,4-5,7-8H2,1H3. The molecular weight excluding hydrogens is 243 g/mol. The molecule has 0 amide bonds. The molecule has 0 radical (unpaired) electrons. The second-order valence-corrected chi connectivity index (χ2v) is 5.19. The molecule has 1 aliphatic heterocycles. The summed E-state index contributed by atoms with van der Waals surface area (Å²) in [6.45, 7) is 6.35. The number of hydrogen-bond acceptors (Lipinski definition) is 2. The van der Waals surface area contributed by atoms with Crippen LogP contribution in [0.15, 0.2) is 18.2 Å². The third-order valence-corrected chi connectivity index (χ3v) is 3.37. The van der Waals surface area contributed by atoms with Gasteiger partial charge in [-0.3, -0.25) is 0 Å². The zero-order valence-corrected chi connectivity index (χ0v) is 10.9. The van der Waals surface area contributed by atoms with Gasteiger partial charge in [-0.2, -0.15) is 0 Å². The highest BCUT2D eigenvalue weighted by atomic mass is 35.5. The Morgan fingerprint density at radius 2 is 2.19 bits per heavy atom. The smallest absolute Gasteiger partial charge is 0.0654 e. The van der Waals surface area contributed by atoms with Crippen molar-refractivity contribution in [2.24, 2.45) is 5.92 Å². The molecule has 0 aromatic heterocycles. The van der Waals surface area contributed by atoms with Crippen LogP contribution >= 0.6 is 23.2 Å². The van der Waals surface area contributed by atoms with Crippen molar-refractivity contribution in [3.8, 4) is 0 Å². The second kappa shape index (κ2) is 5.26. The summed E-state index contributed by atoms with van der Waals surface area (Å²) in [6.07, 6.45) is 0. The van der Waals surface area contributed by atoms with E-state index in [4.69, 9.17) is 23.2 Å². The van der Waals surface area contributed by atoms with Crippen LogP contribution in [0.3, 0.4) is 0 Å². The largest absolute Gasteiger partial charge is 0.369 e. The van der Waals surface area contributed by atoms with E-state index in [1.807, 2.05) is 12.1 Å². The Bertz CT molecular complexity index is 368. The van der Waals surface area contributed by atoms with Gasteiger partial charge in [0.05, 0.1) is 10.7 Å². The molecule has 4 heteroatoms. The maximum Gasteiger partial charge on any atom is 0.0654 e. The number of rotatable bonds is 1. The van der Waals surface area contributed by atoms with Gasteiger partial charge in [0.1, 0.15) is 0 Å². The Morgan fingerprint density at radius 1 is 1.38 bits per heavy atom. The predicted octanol–water partition coefficient (Wildman–Crippen LogP) is 3.04. The Balaban J connectivity index is 2.21. The van der Waals surface area contributed by atoms with Crippen LogP contribution in [0.25, 0.3) is 0 Å². The minimum absolute atomic E-state index is 0.634. The summed E-state index contributed by atoms with van der Waals surface area (Å²) in [5.74, 6) is 0.634. The number of benzene rings is 1. The van der Waals surface area contributed by atoms with Gasteiger partial charge in [-0.25, -0.2) is 0 Å². The van der Waals surface area contributed by atoms with Gasteiger partial charge in [0.25, 0.3) is 0 Å². The van der Waals surface area contributed by atoms with E-state index in [-0.39, 0.29) is 0 Å². The maximum atomic E-state index is 6.22. The first-order valence-corrected chi connectivity index (χ1v) is 6.33. The van der Waals surface area contributed by atoms with Crippen LogP contribution in [0.4, 0.5) is 5.69 Å². The molecule has 1 N–H and O–H groups in total. The molecule has 1 heterocycles. The van der Waals surface area contributed by atoms with E-state index in [0.29, 0.717) is 10.9 Å². The first-order valence-electron chi connectivity index (χ1n) is 5.57. The third-order valence-electron chi connectivity index (χ3n) is 2.83. The summed E-state index contributed by atoms with van der Waals surface area (Å²) >= 11 is 12.1. The summed E-state index contributed by atoms with van der Waals surface area (Å²) in [7, 11) is 0. The molecule has 0 spiro atoms. The minimum atomic E-state index is 0.634. The molecule has 1 aromatic carbocycles. The first kappa shape index (κ1) is 12.0. The van der Waals surface area contributed by atoms with Gasteiger partial charge in [-0.15, -0.1) is 0 Å². The fourth-order valence-corrected chi connectivity index (χ4v) is 2.58. The number of nitrogens with zero attached hydrogens (tertiary/aromatic N) is 1. The van der Waals surface area contributed by atoms with E-state index in [1.165, 1.54) is 0 Å². The average Bonchev–Trinajstić information content (AvgIpc) is 2.43. The molecule has 1 atom stereocenters. The van der Waals surface area contributed by atoms with Crippen LogP contribution in [0, 0.1) is 5.92 Å². The van der Waals surface area contributed by atoms with Crippen molar-refractivity contribution < 1.29 is 0 Å². The lowest BCUT2D eigenvalue weighted by Gasteiger charge is -2.25. The van der Waals surface area contributed by atoms with Gasteiger partial charge in [-0.05, 0) is 30.7 Å². The van der Waals surface area contributed by atoms with Gasteiger partial charge in [0.15, 0.2) is 0 Å². The lowest BCUT2D eigenvalue weighted by atomic mass is 10.1. The van der Waals surface area contributed by atoms with Gasteiger partial charge < -0.3 is 10.2 Å². The normalized spacial score (nSPS) is 21.9. The van der Waals surface area contributed by atoms with Crippen LogP contribution in [0.1, 0.15) is 6.92 Å². The Morgan fingerprint density at radius 3 is 2.94 bits per heavy atom. The van der Waals surface area contributed by atoms with E-state index in [9.17, 15) is 0 Å². The van der Waals surface area contributed by atoms with E-state index < -0.39 is 0 Å². The molecule has 2 rings (SSSR count). The van der Waals surface area contributed by atoms with Crippen molar-refractivity contribution in [2.45, 2.75) is 6.92 Å². The molecule has 0 saturated carbocycles.